The van der Waals surface area contributed by atoms with Gasteiger partial charge in [-0.25, -0.2) is 4.90 Å². The fourth-order valence-electron chi connectivity index (χ4n) is 2.84. The second-order valence-corrected chi connectivity index (χ2v) is 6.36. The first kappa shape index (κ1) is 16.7. The van der Waals surface area contributed by atoms with E-state index in [-0.39, 0.29) is 18.2 Å². The Bertz CT molecular complexity index is 758. The molecule has 24 heavy (non-hydrogen) atoms. The molecule has 1 saturated heterocycles. The number of carbonyl (C=O) groups is 2. The molecule has 0 bridgehead atoms. The maximum Gasteiger partial charge on any atom is 0.251 e. The highest BCUT2D eigenvalue weighted by molar-refractivity contribution is 6.31. The number of amides is 2. The van der Waals surface area contributed by atoms with Gasteiger partial charge in [0.15, 0.2) is 0 Å². The molecule has 1 aliphatic rings. The number of nitrogens with one attached hydrogen (secondary N) is 1. The van der Waals surface area contributed by atoms with Gasteiger partial charge in [0.1, 0.15) is 0 Å². The molecule has 4 nitrogen and oxygen atoms in total. The molecule has 1 heterocycles. The van der Waals surface area contributed by atoms with Crippen LogP contribution in [0.3, 0.4) is 0 Å². The number of nitrogens with zero attached hydrogens (tertiary/aromatic N) is 1. The highest BCUT2D eigenvalue weighted by atomic mass is 35.5. The van der Waals surface area contributed by atoms with E-state index in [1.165, 1.54) is 4.90 Å². The summed E-state index contributed by atoms with van der Waals surface area (Å²) in [4.78, 5) is 26.0. The van der Waals surface area contributed by atoms with Crippen LogP contribution in [-0.2, 0) is 16.0 Å². The first-order valence-corrected chi connectivity index (χ1v) is 8.34. The number of halogens is 1. The van der Waals surface area contributed by atoms with Crippen molar-refractivity contribution in [3.63, 3.8) is 0 Å². The highest BCUT2D eigenvalue weighted by Gasteiger charge is 2.39. The van der Waals surface area contributed by atoms with Crippen LogP contribution in [0, 0.1) is 6.92 Å². The molecule has 124 valence electrons. The zero-order chi connectivity index (χ0) is 17.1. The quantitative estimate of drug-likeness (QED) is 0.849. The summed E-state index contributed by atoms with van der Waals surface area (Å²) >= 11 is 6.13. The third-order valence-electron chi connectivity index (χ3n) is 4.18. The van der Waals surface area contributed by atoms with Gasteiger partial charge in [-0.1, -0.05) is 47.5 Å². The third kappa shape index (κ3) is 3.50. The average Bonchev–Trinajstić information content (AvgIpc) is 2.84. The van der Waals surface area contributed by atoms with E-state index in [4.69, 9.17) is 11.6 Å². The Labute approximate surface area is 146 Å². The monoisotopic (exact) mass is 342 g/mol. The number of benzene rings is 2. The Hall–Kier alpha value is -2.17. The Morgan fingerprint density at radius 1 is 1.12 bits per heavy atom. The van der Waals surface area contributed by atoms with Crippen LogP contribution < -0.4 is 10.2 Å². The lowest BCUT2D eigenvalue weighted by Gasteiger charge is -2.16. The molecule has 1 atom stereocenters. The van der Waals surface area contributed by atoms with Crippen molar-refractivity contribution in [2.75, 3.05) is 11.4 Å². The van der Waals surface area contributed by atoms with Gasteiger partial charge in [0, 0.05) is 5.02 Å². The molecule has 1 N–H and O–H groups in total. The molecule has 0 aromatic heterocycles. The molecule has 0 radical (unpaired) electrons. The van der Waals surface area contributed by atoms with Gasteiger partial charge in [-0.3, -0.25) is 9.59 Å². The molecule has 1 aliphatic heterocycles. The van der Waals surface area contributed by atoms with Crippen LogP contribution in [0.15, 0.2) is 48.5 Å². The van der Waals surface area contributed by atoms with Crippen LogP contribution >= 0.6 is 11.6 Å². The number of carbonyl (C=O) groups excluding carboxylic acids is 2. The molecule has 0 unspecified atom stereocenters. The Balaban J connectivity index is 1.62. The van der Waals surface area contributed by atoms with Crippen LogP contribution in [0.2, 0.25) is 5.02 Å². The van der Waals surface area contributed by atoms with Crippen molar-refractivity contribution in [1.82, 2.24) is 5.32 Å². The van der Waals surface area contributed by atoms with Crippen LogP contribution in [0.5, 0.6) is 0 Å². The smallest absolute Gasteiger partial charge is 0.251 e. The van der Waals surface area contributed by atoms with Crippen molar-refractivity contribution in [3.8, 4) is 0 Å². The number of rotatable bonds is 5. The standard InChI is InChI=1S/C19H19ClN2O2/c1-13-6-8-15(9-7-13)22-18(23)12-17(19(22)24)21-11-10-14-4-2-3-5-16(14)20/h2-9,17,21H,10-12H2,1H3/t17-/m0/s1. The van der Waals surface area contributed by atoms with Crippen molar-refractivity contribution >= 4 is 29.1 Å². The molecule has 1 fully saturated rings. The van der Waals surface area contributed by atoms with Crippen LogP contribution in [-0.4, -0.2) is 24.4 Å². The first-order chi connectivity index (χ1) is 11.6. The second-order valence-electron chi connectivity index (χ2n) is 5.96. The van der Waals surface area contributed by atoms with Crippen LogP contribution in [0.1, 0.15) is 17.5 Å². The highest BCUT2D eigenvalue weighted by Crippen LogP contribution is 2.23. The van der Waals surface area contributed by atoms with E-state index < -0.39 is 6.04 Å². The maximum atomic E-state index is 12.5. The zero-order valence-corrected chi connectivity index (χ0v) is 14.2. The van der Waals surface area contributed by atoms with Crippen molar-refractivity contribution in [3.05, 3.63) is 64.7 Å². The summed E-state index contributed by atoms with van der Waals surface area (Å²) < 4.78 is 0. The van der Waals surface area contributed by atoms with E-state index in [9.17, 15) is 9.59 Å². The van der Waals surface area contributed by atoms with Gasteiger partial charge in [-0.15, -0.1) is 0 Å². The molecule has 5 heteroatoms. The number of hydrogen-bond acceptors (Lipinski definition) is 3. The predicted molar refractivity (Wildman–Crippen MR) is 95.2 cm³/mol. The first-order valence-electron chi connectivity index (χ1n) is 7.96. The maximum absolute atomic E-state index is 12.5. The van der Waals surface area contributed by atoms with E-state index in [0.29, 0.717) is 18.7 Å². The zero-order valence-electron chi connectivity index (χ0n) is 13.5. The van der Waals surface area contributed by atoms with Gasteiger partial charge in [-0.05, 0) is 43.7 Å². The van der Waals surface area contributed by atoms with Crippen LogP contribution in [0.25, 0.3) is 0 Å². The molecular weight excluding hydrogens is 324 g/mol. The number of imide groups is 1. The number of anilines is 1. The topological polar surface area (TPSA) is 49.4 Å². The molecule has 0 saturated carbocycles. The fourth-order valence-corrected chi connectivity index (χ4v) is 3.07. The molecule has 2 amide bonds. The van der Waals surface area contributed by atoms with Gasteiger partial charge in [0.25, 0.3) is 5.91 Å². The fraction of sp³-hybridized carbons (Fsp3) is 0.263. The van der Waals surface area contributed by atoms with E-state index >= 15 is 0 Å². The minimum absolute atomic E-state index is 0.168. The largest absolute Gasteiger partial charge is 0.305 e. The van der Waals surface area contributed by atoms with Crippen molar-refractivity contribution < 1.29 is 9.59 Å². The minimum atomic E-state index is -0.471. The predicted octanol–water partition coefficient (Wildman–Crippen LogP) is 3.11. The molecule has 2 aromatic rings. The second kappa shape index (κ2) is 7.16. The van der Waals surface area contributed by atoms with Gasteiger partial charge >= 0.3 is 0 Å². The third-order valence-corrected chi connectivity index (χ3v) is 4.55. The molecule has 3 rings (SSSR count). The Morgan fingerprint density at radius 2 is 1.83 bits per heavy atom. The Morgan fingerprint density at radius 3 is 2.54 bits per heavy atom. The lowest BCUT2D eigenvalue weighted by molar-refractivity contribution is -0.121. The summed E-state index contributed by atoms with van der Waals surface area (Å²) in [6.45, 7) is 2.56. The van der Waals surface area contributed by atoms with E-state index in [1.54, 1.807) is 12.1 Å². The summed E-state index contributed by atoms with van der Waals surface area (Å²) in [5.74, 6) is -0.359. The van der Waals surface area contributed by atoms with Gasteiger partial charge in [0.2, 0.25) is 5.91 Å². The summed E-state index contributed by atoms with van der Waals surface area (Å²) in [6, 6.07) is 14.6. The molecule has 2 aromatic carbocycles. The number of hydrogen-bond donors (Lipinski definition) is 1. The summed E-state index contributed by atoms with van der Waals surface area (Å²) in [6.07, 6.45) is 0.900. The molecular formula is C19H19ClN2O2. The van der Waals surface area contributed by atoms with E-state index in [0.717, 1.165) is 16.1 Å². The van der Waals surface area contributed by atoms with E-state index in [1.807, 2.05) is 43.3 Å². The number of aryl methyl sites for hydroxylation is 1. The van der Waals surface area contributed by atoms with Crippen molar-refractivity contribution in [2.45, 2.75) is 25.8 Å². The van der Waals surface area contributed by atoms with Gasteiger partial charge in [-0.2, -0.15) is 0 Å². The van der Waals surface area contributed by atoms with Crippen molar-refractivity contribution in [2.24, 2.45) is 0 Å². The van der Waals surface area contributed by atoms with Crippen LogP contribution in [0.4, 0.5) is 5.69 Å². The lowest BCUT2D eigenvalue weighted by atomic mass is 10.1. The summed E-state index contributed by atoms with van der Waals surface area (Å²) in [5, 5.41) is 3.89. The normalized spacial score (nSPS) is 17.6. The average molecular weight is 343 g/mol. The molecule has 0 spiro atoms. The van der Waals surface area contributed by atoms with Gasteiger partial charge < -0.3 is 5.32 Å². The summed E-state index contributed by atoms with van der Waals surface area (Å²) in [5.41, 5.74) is 2.75. The minimum Gasteiger partial charge on any atom is -0.305 e. The molecule has 0 aliphatic carbocycles. The SMILES string of the molecule is Cc1ccc(N2C(=O)C[C@H](NCCc3ccccc3Cl)C2=O)cc1. The lowest BCUT2D eigenvalue weighted by Crippen LogP contribution is -2.39. The summed E-state index contributed by atoms with van der Waals surface area (Å²) in [7, 11) is 0. The van der Waals surface area contributed by atoms with Crippen molar-refractivity contribution in [1.29, 1.82) is 0 Å². The van der Waals surface area contributed by atoms with E-state index in [2.05, 4.69) is 5.32 Å². The Kier molecular flexibility index (Phi) is 4.97. The van der Waals surface area contributed by atoms with Gasteiger partial charge in [0.05, 0.1) is 18.2 Å².